The van der Waals surface area contributed by atoms with Crippen molar-refractivity contribution in [1.82, 2.24) is 15.3 Å². The zero-order valence-electron chi connectivity index (χ0n) is 16.0. The molecule has 0 aliphatic carbocycles. The lowest BCUT2D eigenvalue weighted by Crippen LogP contribution is -2.23. The molecule has 3 rings (SSSR count). The van der Waals surface area contributed by atoms with Gasteiger partial charge in [-0.1, -0.05) is 19.1 Å². The SMILES string of the molecule is CCc1nc2ccc(CCC(=O)NCc3ccc(OC)c(OC)c3)cc2[nH]1. The fraction of sp³-hybridized carbons (Fsp3) is 0.333. The summed E-state index contributed by atoms with van der Waals surface area (Å²) in [5.74, 6) is 2.33. The quantitative estimate of drug-likeness (QED) is 0.640. The van der Waals surface area contributed by atoms with Gasteiger partial charge >= 0.3 is 0 Å². The molecule has 3 aromatic rings. The lowest BCUT2D eigenvalue weighted by Gasteiger charge is -2.10. The monoisotopic (exact) mass is 367 g/mol. The summed E-state index contributed by atoms with van der Waals surface area (Å²) < 4.78 is 10.5. The van der Waals surface area contributed by atoms with Crippen molar-refractivity contribution in [2.24, 2.45) is 0 Å². The third kappa shape index (κ3) is 4.58. The summed E-state index contributed by atoms with van der Waals surface area (Å²) in [5, 5.41) is 2.95. The number of nitrogens with one attached hydrogen (secondary N) is 2. The Labute approximate surface area is 158 Å². The number of methoxy groups -OCH3 is 2. The lowest BCUT2D eigenvalue weighted by molar-refractivity contribution is -0.121. The average molecular weight is 367 g/mol. The Hall–Kier alpha value is -3.02. The summed E-state index contributed by atoms with van der Waals surface area (Å²) in [6, 6.07) is 11.7. The Morgan fingerprint density at radius 3 is 2.59 bits per heavy atom. The summed E-state index contributed by atoms with van der Waals surface area (Å²) in [4.78, 5) is 20.0. The zero-order valence-corrected chi connectivity index (χ0v) is 16.0. The molecule has 0 bridgehead atoms. The Bertz CT molecular complexity index is 934. The van der Waals surface area contributed by atoms with E-state index in [-0.39, 0.29) is 5.91 Å². The van der Waals surface area contributed by atoms with Gasteiger partial charge in [-0.05, 0) is 41.8 Å². The molecular weight excluding hydrogens is 342 g/mol. The van der Waals surface area contributed by atoms with Gasteiger partial charge in [0, 0.05) is 19.4 Å². The van der Waals surface area contributed by atoms with Gasteiger partial charge in [0.25, 0.3) is 0 Å². The molecule has 0 atom stereocenters. The van der Waals surface area contributed by atoms with E-state index in [1.165, 1.54) is 0 Å². The van der Waals surface area contributed by atoms with Crippen LogP contribution in [0.5, 0.6) is 11.5 Å². The Morgan fingerprint density at radius 2 is 1.85 bits per heavy atom. The van der Waals surface area contributed by atoms with Crippen molar-refractivity contribution in [2.75, 3.05) is 14.2 Å². The maximum absolute atomic E-state index is 12.2. The van der Waals surface area contributed by atoms with Gasteiger partial charge in [0.2, 0.25) is 5.91 Å². The molecule has 2 N–H and O–H groups in total. The summed E-state index contributed by atoms with van der Waals surface area (Å²) in [6.07, 6.45) is 2.00. The van der Waals surface area contributed by atoms with Crippen LogP contribution in [-0.2, 0) is 24.2 Å². The number of hydrogen-bond acceptors (Lipinski definition) is 4. The molecule has 0 saturated heterocycles. The molecule has 1 heterocycles. The summed E-state index contributed by atoms with van der Waals surface area (Å²) in [7, 11) is 3.20. The highest BCUT2D eigenvalue weighted by molar-refractivity contribution is 5.78. The van der Waals surface area contributed by atoms with E-state index in [4.69, 9.17) is 9.47 Å². The second-order valence-electron chi connectivity index (χ2n) is 6.35. The van der Waals surface area contributed by atoms with E-state index < -0.39 is 0 Å². The number of amides is 1. The highest BCUT2D eigenvalue weighted by atomic mass is 16.5. The predicted molar refractivity (Wildman–Crippen MR) is 105 cm³/mol. The number of aromatic amines is 1. The largest absolute Gasteiger partial charge is 0.493 e. The van der Waals surface area contributed by atoms with Crippen molar-refractivity contribution < 1.29 is 14.3 Å². The topological polar surface area (TPSA) is 76.2 Å². The summed E-state index contributed by atoms with van der Waals surface area (Å²) in [5.41, 5.74) is 4.07. The Morgan fingerprint density at radius 1 is 1.07 bits per heavy atom. The highest BCUT2D eigenvalue weighted by Crippen LogP contribution is 2.27. The minimum Gasteiger partial charge on any atom is -0.493 e. The van der Waals surface area contributed by atoms with Crippen LogP contribution in [0.2, 0.25) is 0 Å². The third-order valence-electron chi connectivity index (χ3n) is 4.51. The molecular formula is C21H25N3O3. The molecule has 142 valence electrons. The van der Waals surface area contributed by atoms with E-state index in [2.05, 4.69) is 28.3 Å². The molecule has 0 spiro atoms. The zero-order chi connectivity index (χ0) is 19.2. The van der Waals surface area contributed by atoms with Crippen LogP contribution < -0.4 is 14.8 Å². The van der Waals surface area contributed by atoms with Crippen LogP contribution >= 0.6 is 0 Å². The van der Waals surface area contributed by atoms with Crippen LogP contribution in [0.1, 0.15) is 30.3 Å². The molecule has 0 fully saturated rings. The second-order valence-corrected chi connectivity index (χ2v) is 6.35. The highest BCUT2D eigenvalue weighted by Gasteiger charge is 2.08. The van der Waals surface area contributed by atoms with Crippen molar-refractivity contribution in [3.05, 3.63) is 53.3 Å². The maximum Gasteiger partial charge on any atom is 0.220 e. The number of aromatic nitrogens is 2. The van der Waals surface area contributed by atoms with E-state index >= 15 is 0 Å². The van der Waals surface area contributed by atoms with Crippen molar-refractivity contribution in [1.29, 1.82) is 0 Å². The number of ether oxygens (including phenoxy) is 2. The number of aryl methyl sites for hydroxylation is 2. The molecule has 6 heteroatoms. The van der Waals surface area contributed by atoms with Crippen LogP contribution in [0.3, 0.4) is 0 Å². The number of H-pyrrole nitrogens is 1. The first kappa shape index (κ1) is 18.8. The molecule has 6 nitrogen and oxygen atoms in total. The third-order valence-corrected chi connectivity index (χ3v) is 4.51. The van der Waals surface area contributed by atoms with Crippen LogP contribution in [0, 0.1) is 0 Å². The number of imidazole rings is 1. The smallest absolute Gasteiger partial charge is 0.220 e. The Kier molecular flexibility index (Phi) is 5.96. The molecule has 0 radical (unpaired) electrons. The van der Waals surface area contributed by atoms with E-state index in [0.29, 0.717) is 30.9 Å². The van der Waals surface area contributed by atoms with Crippen molar-refractivity contribution in [3.63, 3.8) is 0 Å². The fourth-order valence-corrected chi connectivity index (χ4v) is 2.97. The van der Waals surface area contributed by atoms with Crippen LogP contribution in [0.25, 0.3) is 11.0 Å². The normalized spacial score (nSPS) is 10.8. The Balaban J connectivity index is 1.54. The molecule has 2 aromatic carbocycles. The van der Waals surface area contributed by atoms with Gasteiger partial charge in [-0.2, -0.15) is 0 Å². The van der Waals surface area contributed by atoms with Crippen molar-refractivity contribution in [3.8, 4) is 11.5 Å². The van der Waals surface area contributed by atoms with Crippen LogP contribution in [-0.4, -0.2) is 30.1 Å². The van der Waals surface area contributed by atoms with Crippen molar-refractivity contribution in [2.45, 2.75) is 32.7 Å². The molecule has 0 aliphatic rings. The van der Waals surface area contributed by atoms with Crippen molar-refractivity contribution >= 4 is 16.9 Å². The molecule has 0 saturated carbocycles. The van der Waals surface area contributed by atoms with Gasteiger partial charge in [-0.3, -0.25) is 4.79 Å². The first-order valence-corrected chi connectivity index (χ1v) is 9.08. The number of carbonyl (C=O) groups excluding carboxylic acids is 1. The first-order valence-electron chi connectivity index (χ1n) is 9.08. The number of fused-ring (bicyclic) bond motifs is 1. The maximum atomic E-state index is 12.2. The van der Waals surface area contributed by atoms with Gasteiger partial charge in [0.15, 0.2) is 11.5 Å². The molecule has 1 aromatic heterocycles. The molecule has 0 aliphatic heterocycles. The molecule has 1 amide bonds. The summed E-state index contributed by atoms with van der Waals surface area (Å²) >= 11 is 0. The van der Waals surface area contributed by atoms with Crippen LogP contribution in [0.4, 0.5) is 0 Å². The van der Waals surface area contributed by atoms with Gasteiger partial charge in [-0.25, -0.2) is 4.98 Å². The van der Waals surface area contributed by atoms with Gasteiger partial charge in [0.05, 0.1) is 25.3 Å². The number of carbonyl (C=O) groups is 1. The van der Waals surface area contributed by atoms with Crippen LogP contribution in [0.15, 0.2) is 36.4 Å². The van der Waals surface area contributed by atoms with E-state index in [1.54, 1.807) is 14.2 Å². The minimum absolute atomic E-state index is 0.0174. The second kappa shape index (κ2) is 8.58. The fourth-order valence-electron chi connectivity index (χ4n) is 2.97. The van der Waals surface area contributed by atoms with Gasteiger partial charge in [-0.15, -0.1) is 0 Å². The number of benzene rings is 2. The number of rotatable bonds is 8. The number of nitrogens with zero attached hydrogens (tertiary/aromatic N) is 1. The van der Waals surface area contributed by atoms with Gasteiger partial charge in [0.1, 0.15) is 5.82 Å². The first-order chi connectivity index (χ1) is 13.1. The predicted octanol–water partition coefficient (Wildman–Crippen LogP) is 3.39. The average Bonchev–Trinajstić information content (AvgIpc) is 3.12. The number of hydrogen-bond donors (Lipinski definition) is 2. The lowest BCUT2D eigenvalue weighted by atomic mass is 10.1. The van der Waals surface area contributed by atoms with E-state index in [0.717, 1.165) is 34.4 Å². The standard InChI is InChI=1S/C21H25N3O3/c1-4-20-23-16-8-5-14(11-17(16)24-20)7-10-21(25)22-13-15-6-9-18(26-2)19(12-15)27-3/h5-6,8-9,11-12H,4,7,10,13H2,1-3H3,(H,22,25)(H,23,24). The minimum atomic E-state index is 0.0174. The van der Waals surface area contributed by atoms with E-state index in [1.807, 2.05) is 30.3 Å². The molecule has 0 unspecified atom stereocenters. The van der Waals surface area contributed by atoms with Gasteiger partial charge < -0.3 is 19.8 Å². The van der Waals surface area contributed by atoms with E-state index in [9.17, 15) is 4.79 Å². The molecule has 27 heavy (non-hydrogen) atoms. The summed E-state index contributed by atoms with van der Waals surface area (Å²) in [6.45, 7) is 2.53.